The Hall–Kier alpha value is -4.26. The summed E-state index contributed by atoms with van der Waals surface area (Å²) in [6, 6.07) is 21.1. The number of amides is 2. The summed E-state index contributed by atoms with van der Waals surface area (Å²) in [7, 11) is 0. The first kappa shape index (κ1) is 21.0. The second-order valence-electron chi connectivity index (χ2n) is 7.27. The van der Waals surface area contributed by atoms with Crippen LogP contribution in [0.5, 0.6) is 0 Å². The Morgan fingerprint density at radius 1 is 0.812 bits per heavy atom. The maximum absolute atomic E-state index is 13.1. The molecule has 0 radical (unpaired) electrons. The van der Waals surface area contributed by atoms with Gasteiger partial charge in [-0.3, -0.25) is 14.4 Å². The lowest BCUT2D eigenvalue weighted by Gasteiger charge is -2.14. The predicted molar refractivity (Wildman–Crippen MR) is 125 cm³/mol. The van der Waals surface area contributed by atoms with Crippen LogP contribution in [-0.4, -0.2) is 21.6 Å². The molecule has 32 heavy (non-hydrogen) atoms. The van der Waals surface area contributed by atoms with Crippen LogP contribution < -0.4 is 16.2 Å². The fraction of sp³-hybridized carbons (Fsp3) is 0.120. The van der Waals surface area contributed by atoms with E-state index in [2.05, 4.69) is 15.7 Å². The van der Waals surface area contributed by atoms with Crippen molar-refractivity contribution in [3.05, 3.63) is 100.0 Å². The van der Waals surface area contributed by atoms with Gasteiger partial charge in [-0.1, -0.05) is 42.5 Å². The monoisotopic (exact) mass is 426 g/mol. The Morgan fingerprint density at radius 3 is 2.06 bits per heavy atom. The van der Waals surface area contributed by atoms with Crippen molar-refractivity contribution in [1.82, 2.24) is 9.78 Å². The van der Waals surface area contributed by atoms with Gasteiger partial charge in [0.2, 0.25) is 0 Å². The van der Waals surface area contributed by atoms with Crippen LogP contribution in [0.1, 0.15) is 33.3 Å². The highest BCUT2D eigenvalue weighted by Gasteiger charge is 2.18. The number of rotatable bonds is 5. The lowest BCUT2D eigenvalue weighted by atomic mass is 10.1. The Kier molecular flexibility index (Phi) is 5.81. The topological polar surface area (TPSA) is 93.1 Å². The highest BCUT2D eigenvalue weighted by Crippen LogP contribution is 2.25. The Bertz CT molecular complexity index is 1380. The molecule has 0 aliphatic carbocycles. The van der Waals surface area contributed by atoms with Crippen LogP contribution in [0.2, 0.25) is 0 Å². The van der Waals surface area contributed by atoms with Gasteiger partial charge in [0.15, 0.2) is 5.69 Å². The number of hydrogen-bond donors (Lipinski definition) is 2. The molecule has 0 fully saturated rings. The van der Waals surface area contributed by atoms with E-state index in [1.54, 1.807) is 73.7 Å². The van der Waals surface area contributed by atoms with Crippen molar-refractivity contribution < 1.29 is 9.59 Å². The SMILES string of the molecule is CCn1nc(C(=O)Nc2cccc(NC(=O)c3ccccc3)c2C)c2ccccc2c1=O. The molecule has 4 aromatic rings. The lowest BCUT2D eigenvalue weighted by Crippen LogP contribution is -2.27. The minimum absolute atomic E-state index is 0.167. The second-order valence-corrected chi connectivity index (χ2v) is 7.27. The quantitative estimate of drug-likeness (QED) is 0.499. The molecule has 0 spiro atoms. The lowest BCUT2D eigenvalue weighted by molar-refractivity contribution is 0.101. The van der Waals surface area contributed by atoms with Gasteiger partial charge < -0.3 is 10.6 Å². The maximum atomic E-state index is 13.1. The minimum Gasteiger partial charge on any atom is -0.322 e. The fourth-order valence-corrected chi connectivity index (χ4v) is 3.49. The number of benzene rings is 3. The fourth-order valence-electron chi connectivity index (χ4n) is 3.49. The van der Waals surface area contributed by atoms with E-state index in [1.807, 2.05) is 13.0 Å². The van der Waals surface area contributed by atoms with E-state index in [-0.39, 0.29) is 17.2 Å². The predicted octanol–water partition coefficient (Wildman–Crippen LogP) is 4.23. The van der Waals surface area contributed by atoms with Crippen molar-refractivity contribution in [3.63, 3.8) is 0 Å². The van der Waals surface area contributed by atoms with Crippen molar-refractivity contribution in [2.75, 3.05) is 10.6 Å². The second kappa shape index (κ2) is 8.85. The smallest absolute Gasteiger partial charge is 0.276 e. The number of aromatic nitrogens is 2. The first-order valence-corrected chi connectivity index (χ1v) is 10.3. The molecule has 160 valence electrons. The number of fused-ring (bicyclic) bond motifs is 1. The molecule has 2 N–H and O–H groups in total. The minimum atomic E-state index is -0.432. The van der Waals surface area contributed by atoms with E-state index in [0.717, 1.165) is 0 Å². The van der Waals surface area contributed by atoms with Crippen LogP contribution in [0.25, 0.3) is 10.8 Å². The Labute approximate surface area is 184 Å². The summed E-state index contributed by atoms with van der Waals surface area (Å²) in [6.07, 6.45) is 0. The highest BCUT2D eigenvalue weighted by molar-refractivity contribution is 6.12. The van der Waals surface area contributed by atoms with Gasteiger partial charge in [-0.25, -0.2) is 4.68 Å². The van der Waals surface area contributed by atoms with Crippen molar-refractivity contribution in [1.29, 1.82) is 0 Å². The average molecular weight is 426 g/mol. The summed E-state index contributed by atoms with van der Waals surface area (Å²) in [5, 5.41) is 11.0. The molecule has 1 aromatic heterocycles. The summed E-state index contributed by atoms with van der Waals surface area (Å²) in [6.45, 7) is 3.96. The number of anilines is 2. The molecule has 0 atom stereocenters. The molecule has 0 saturated heterocycles. The standard InChI is InChI=1S/C25H22N4O3/c1-3-29-25(32)19-13-8-7-12-18(19)22(28-29)24(31)27-21-15-9-14-20(16(21)2)26-23(30)17-10-5-4-6-11-17/h4-15H,3H2,1-2H3,(H,26,30)(H,27,31). The maximum Gasteiger partial charge on any atom is 0.276 e. The van der Waals surface area contributed by atoms with Crippen molar-refractivity contribution in [3.8, 4) is 0 Å². The number of carbonyl (C=O) groups excluding carboxylic acids is 2. The van der Waals surface area contributed by atoms with Crippen LogP contribution >= 0.6 is 0 Å². The summed E-state index contributed by atoms with van der Waals surface area (Å²) >= 11 is 0. The molecule has 0 aliphatic rings. The number of carbonyl (C=O) groups is 2. The first-order valence-electron chi connectivity index (χ1n) is 10.3. The van der Waals surface area contributed by atoms with Crippen LogP contribution in [0.4, 0.5) is 11.4 Å². The zero-order chi connectivity index (χ0) is 22.7. The van der Waals surface area contributed by atoms with Gasteiger partial charge in [0.05, 0.1) is 5.39 Å². The molecule has 3 aromatic carbocycles. The van der Waals surface area contributed by atoms with Crippen LogP contribution in [0.15, 0.2) is 77.6 Å². The van der Waals surface area contributed by atoms with Crippen molar-refractivity contribution in [2.45, 2.75) is 20.4 Å². The third-order valence-electron chi connectivity index (χ3n) is 5.25. The molecular weight excluding hydrogens is 404 g/mol. The number of nitrogens with zero attached hydrogens (tertiary/aromatic N) is 2. The first-order chi connectivity index (χ1) is 15.5. The summed E-state index contributed by atoms with van der Waals surface area (Å²) in [4.78, 5) is 38.2. The van der Waals surface area contributed by atoms with Crippen molar-refractivity contribution >= 4 is 34.0 Å². The Balaban J connectivity index is 1.65. The molecule has 0 saturated carbocycles. The van der Waals surface area contributed by atoms with E-state index in [4.69, 9.17) is 0 Å². The van der Waals surface area contributed by atoms with Gasteiger partial charge >= 0.3 is 0 Å². The zero-order valence-corrected chi connectivity index (χ0v) is 17.8. The van der Waals surface area contributed by atoms with Gasteiger partial charge in [0, 0.05) is 28.9 Å². The third-order valence-corrected chi connectivity index (χ3v) is 5.25. The molecule has 7 heteroatoms. The zero-order valence-electron chi connectivity index (χ0n) is 17.8. The van der Waals surface area contributed by atoms with Crippen LogP contribution in [0.3, 0.4) is 0 Å². The van der Waals surface area contributed by atoms with E-state index in [1.165, 1.54) is 4.68 Å². The van der Waals surface area contributed by atoms with E-state index in [0.29, 0.717) is 39.8 Å². The molecule has 1 heterocycles. The highest BCUT2D eigenvalue weighted by atomic mass is 16.2. The summed E-state index contributed by atoms with van der Waals surface area (Å²) in [5.74, 6) is -0.669. The molecule has 0 aliphatic heterocycles. The van der Waals surface area contributed by atoms with Gasteiger partial charge in [0.25, 0.3) is 17.4 Å². The van der Waals surface area contributed by atoms with Gasteiger partial charge in [0.1, 0.15) is 0 Å². The number of hydrogen-bond acceptors (Lipinski definition) is 4. The molecular formula is C25H22N4O3. The van der Waals surface area contributed by atoms with E-state index in [9.17, 15) is 14.4 Å². The van der Waals surface area contributed by atoms with Crippen LogP contribution in [0, 0.1) is 6.92 Å². The largest absolute Gasteiger partial charge is 0.322 e. The van der Waals surface area contributed by atoms with E-state index >= 15 is 0 Å². The summed E-state index contributed by atoms with van der Waals surface area (Å²) < 4.78 is 1.28. The number of nitrogens with one attached hydrogen (secondary N) is 2. The molecule has 0 bridgehead atoms. The Morgan fingerprint density at radius 2 is 1.41 bits per heavy atom. The molecule has 2 amide bonds. The molecule has 4 rings (SSSR count). The molecule has 7 nitrogen and oxygen atoms in total. The van der Waals surface area contributed by atoms with E-state index < -0.39 is 5.91 Å². The van der Waals surface area contributed by atoms with Gasteiger partial charge in [-0.15, -0.1) is 0 Å². The third kappa shape index (κ3) is 4.00. The molecule has 0 unspecified atom stereocenters. The van der Waals surface area contributed by atoms with Crippen molar-refractivity contribution in [2.24, 2.45) is 0 Å². The average Bonchev–Trinajstić information content (AvgIpc) is 2.82. The van der Waals surface area contributed by atoms with Gasteiger partial charge in [-0.05, 0) is 49.7 Å². The van der Waals surface area contributed by atoms with Gasteiger partial charge in [-0.2, -0.15) is 5.10 Å². The number of aryl methyl sites for hydroxylation is 1. The summed E-state index contributed by atoms with van der Waals surface area (Å²) in [5.41, 5.74) is 2.31. The van der Waals surface area contributed by atoms with Crippen LogP contribution in [-0.2, 0) is 6.54 Å². The normalized spacial score (nSPS) is 10.7.